The normalized spacial score (nSPS) is 18.9. The lowest BCUT2D eigenvalue weighted by Gasteiger charge is -2.25. The van der Waals surface area contributed by atoms with Crippen molar-refractivity contribution in [1.29, 1.82) is 0 Å². The summed E-state index contributed by atoms with van der Waals surface area (Å²) in [6, 6.07) is 5.87. The minimum atomic E-state index is -0.731. The number of methoxy groups -OCH3 is 1. The van der Waals surface area contributed by atoms with Gasteiger partial charge in [-0.1, -0.05) is 12.1 Å². The van der Waals surface area contributed by atoms with E-state index in [2.05, 4.69) is 0 Å². The molecule has 1 unspecified atom stereocenters. The summed E-state index contributed by atoms with van der Waals surface area (Å²) in [5.41, 5.74) is 1.12. The van der Waals surface area contributed by atoms with Crippen molar-refractivity contribution in [3.8, 4) is 5.75 Å². The summed E-state index contributed by atoms with van der Waals surface area (Å²) < 4.78 is 5.30. The second-order valence-corrected chi connectivity index (χ2v) is 4.92. The largest absolute Gasteiger partial charge is 0.496 e. The summed E-state index contributed by atoms with van der Waals surface area (Å²) in [6.45, 7) is 0. The first-order chi connectivity index (χ1) is 7.72. The van der Waals surface area contributed by atoms with Crippen LogP contribution in [0, 0.1) is 0 Å². The van der Waals surface area contributed by atoms with Crippen LogP contribution < -0.4 is 4.74 Å². The highest BCUT2D eigenvalue weighted by atomic mass is 32.2. The second kappa shape index (κ2) is 4.78. The van der Waals surface area contributed by atoms with Crippen molar-refractivity contribution in [2.24, 2.45) is 0 Å². The Hall–Kier alpha value is -1.16. The van der Waals surface area contributed by atoms with Crippen molar-refractivity contribution in [1.82, 2.24) is 0 Å². The van der Waals surface area contributed by atoms with Gasteiger partial charge in [0.1, 0.15) is 5.75 Å². The Kier molecular flexibility index (Phi) is 3.39. The lowest BCUT2D eigenvalue weighted by molar-refractivity contribution is -0.137. The van der Waals surface area contributed by atoms with E-state index < -0.39 is 5.97 Å². The van der Waals surface area contributed by atoms with Gasteiger partial charge < -0.3 is 9.84 Å². The molecule has 2 rings (SSSR count). The fourth-order valence-electron chi connectivity index (χ4n) is 2.05. The summed E-state index contributed by atoms with van der Waals surface area (Å²) in [5.74, 6) is 1.22. The van der Waals surface area contributed by atoms with Crippen molar-refractivity contribution in [2.75, 3.05) is 12.9 Å². The van der Waals surface area contributed by atoms with Gasteiger partial charge in [0.25, 0.3) is 0 Å². The molecule has 0 aromatic heterocycles. The zero-order chi connectivity index (χ0) is 11.5. The van der Waals surface area contributed by atoms with Crippen LogP contribution in [-0.2, 0) is 4.79 Å². The van der Waals surface area contributed by atoms with E-state index in [1.807, 2.05) is 18.2 Å². The highest BCUT2D eigenvalue weighted by Gasteiger charge is 2.24. The molecule has 0 saturated heterocycles. The lowest BCUT2D eigenvalue weighted by Crippen LogP contribution is -2.12. The van der Waals surface area contributed by atoms with Gasteiger partial charge in [-0.3, -0.25) is 4.79 Å². The Bertz CT molecular complexity index is 403. The van der Waals surface area contributed by atoms with Crippen molar-refractivity contribution in [3.05, 3.63) is 23.8 Å². The highest BCUT2D eigenvalue weighted by Crippen LogP contribution is 2.43. The predicted octanol–water partition coefficient (Wildman–Crippen LogP) is 2.75. The zero-order valence-electron chi connectivity index (χ0n) is 9.10. The molecule has 0 saturated carbocycles. The van der Waals surface area contributed by atoms with Crippen LogP contribution in [0.15, 0.2) is 23.1 Å². The number of thioether (sulfide) groups is 1. The van der Waals surface area contributed by atoms with Gasteiger partial charge in [-0.2, -0.15) is 0 Å². The van der Waals surface area contributed by atoms with E-state index in [9.17, 15) is 4.79 Å². The van der Waals surface area contributed by atoms with Gasteiger partial charge >= 0.3 is 5.97 Å². The molecular formula is C12H14O3S. The summed E-state index contributed by atoms with van der Waals surface area (Å²) in [5, 5.41) is 8.88. The number of aliphatic carboxylic acids is 1. The highest BCUT2D eigenvalue weighted by molar-refractivity contribution is 7.99. The number of fused-ring (bicyclic) bond motifs is 1. The van der Waals surface area contributed by atoms with Crippen molar-refractivity contribution >= 4 is 17.7 Å². The maximum atomic E-state index is 10.8. The Morgan fingerprint density at radius 1 is 1.62 bits per heavy atom. The molecule has 0 bridgehead atoms. The minimum absolute atomic E-state index is 0.129. The summed E-state index contributed by atoms with van der Waals surface area (Å²) in [7, 11) is 1.65. The first kappa shape index (κ1) is 11.3. The average Bonchev–Trinajstić information content (AvgIpc) is 2.28. The van der Waals surface area contributed by atoms with E-state index in [0.29, 0.717) is 0 Å². The smallest absolute Gasteiger partial charge is 0.303 e. The van der Waals surface area contributed by atoms with E-state index in [1.54, 1.807) is 18.9 Å². The first-order valence-corrected chi connectivity index (χ1v) is 6.22. The number of carboxylic acids is 1. The molecule has 1 aliphatic rings. The molecule has 16 heavy (non-hydrogen) atoms. The quantitative estimate of drug-likeness (QED) is 0.879. The summed E-state index contributed by atoms with van der Waals surface area (Å²) in [6.07, 6.45) is 1.14. The molecule has 0 amide bonds. The second-order valence-electron chi connectivity index (χ2n) is 3.81. The standard InChI is InChI=1S/C12H14O3S/c1-15-10-4-2-3-9-8(7-11(13)14)5-6-16-12(9)10/h2-4,8H,5-7H2,1H3,(H,13,14). The van der Waals surface area contributed by atoms with Crippen molar-refractivity contribution < 1.29 is 14.6 Å². The monoisotopic (exact) mass is 238 g/mol. The molecule has 0 spiro atoms. The van der Waals surface area contributed by atoms with Gasteiger partial charge in [-0.15, -0.1) is 11.8 Å². The molecule has 0 radical (unpaired) electrons. The van der Waals surface area contributed by atoms with E-state index >= 15 is 0 Å². The molecule has 0 aliphatic carbocycles. The summed E-state index contributed by atoms with van der Waals surface area (Å²) >= 11 is 1.75. The maximum Gasteiger partial charge on any atom is 0.303 e. The van der Waals surface area contributed by atoms with E-state index in [0.717, 1.165) is 28.4 Å². The van der Waals surface area contributed by atoms with Crippen LogP contribution in [0.25, 0.3) is 0 Å². The third-order valence-corrected chi connectivity index (χ3v) is 3.97. The van der Waals surface area contributed by atoms with Crippen LogP contribution in [-0.4, -0.2) is 23.9 Å². The SMILES string of the molecule is COc1cccc2c1SCCC2CC(=O)O. The molecule has 1 heterocycles. The number of carboxylic acid groups (broad SMARTS) is 1. The number of benzene rings is 1. The van der Waals surface area contributed by atoms with Gasteiger partial charge in [-0.25, -0.2) is 0 Å². The van der Waals surface area contributed by atoms with Crippen LogP contribution in [0.2, 0.25) is 0 Å². The van der Waals surface area contributed by atoms with Crippen LogP contribution in [0.1, 0.15) is 24.3 Å². The van der Waals surface area contributed by atoms with Crippen molar-refractivity contribution in [2.45, 2.75) is 23.7 Å². The topological polar surface area (TPSA) is 46.5 Å². The Balaban J connectivity index is 2.35. The molecule has 1 N–H and O–H groups in total. The Labute approximate surface area is 98.8 Å². The molecular weight excluding hydrogens is 224 g/mol. The predicted molar refractivity (Wildman–Crippen MR) is 63.3 cm³/mol. The number of hydrogen-bond donors (Lipinski definition) is 1. The third-order valence-electron chi connectivity index (χ3n) is 2.80. The average molecular weight is 238 g/mol. The number of ether oxygens (including phenoxy) is 1. The third kappa shape index (κ3) is 2.16. The van der Waals surface area contributed by atoms with Gasteiger partial charge in [0.2, 0.25) is 0 Å². The van der Waals surface area contributed by atoms with E-state index in [-0.39, 0.29) is 12.3 Å². The van der Waals surface area contributed by atoms with Gasteiger partial charge in [0, 0.05) is 0 Å². The number of carbonyl (C=O) groups is 1. The Morgan fingerprint density at radius 2 is 2.44 bits per heavy atom. The first-order valence-electron chi connectivity index (χ1n) is 5.24. The fourth-order valence-corrected chi connectivity index (χ4v) is 3.35. The lowest BCUT2D eigenvalue weighted by atomic mass is 9.92. The fraction of sp³-hybridized carbons (Fsp3) is 0.417. The molecule has 1 aromatic carbocycles. The molecule has 4 heteroatoms. The molecule has 0 fully saturated rings. The van der Waals surface area contributed by atoms with Crippen LogP contribution >= 0.6 is 11.8 Å². The van der Waals surface area contributed by atoms with Gasteiger partial charge in [0.15, 0.2) is 0 Å². The molecule has 1 aliphatic heterocycles. The summed E-state index contributed by atoms with van der Waals surface area (Å²) in [4.78, 5) is 11.9. The van der Waals surface area contributed by atoms with Crippen molar-refractivity contribution in [3.63, 3.8) is 0 Å². The van der Waals surface area contributed by atoms with Gasteiger partial charge in [0.05, 0.1) is 18.4 Å². The van der Waals surface area contributed by atoms with Gasteiger partial charge in [-0.05, 0) is 29.7 Å². The molecule has 1 aromatic rings. The minimum Gasteiger partial charge on any atom is -0.496 e. The zero-order valence-corrected chi connectivity index (χ0v) is 9.92. The molecule has 3 nitrogen and oxygen atoms in total. The molecule has 86 valence electrons. The number of hydrogen-bond acceptors (Lipinski definition) is 3. The molecule has 1 atom stereocenters. The van der Waals surface area contributed by atoms with E-state index in [4.69, 9.17) is 9.84 Å². The Morgan fingerprint density at radius 3 is 3.12 bits per heavy atom. The maximum absolute atomic E-state index is 10.8. The number of rotatable bonds is 3. The van der Waals surface area contributed by atoms with Crippen LogP contribution in [0.3, 0.4) is 0 Å². The van der Waals surface area contributed by atoms with E-state index in [1.165, 1.54) is 0 Å². The van der Waals surface area contributed by atoms with Crippen LogP contribution in [0.4, 0.5) is 0 Å². The van der Waals surface area contributed by atoms with Crippen LogP contribution in [0.5, 0.6) is 5.75 Å².